The van der Waals surface area contributed by atoms with E-state index in [1.165, 1.54) is 12.1 Å². The first-order valence-electron chi connectivity index (χ1n) is 9.19. The maximum absolute atomic E-state index is 13.1. The van der Waals surface area contributed by atoms with Crippen molar-refractivity contribution in [3.8, 4) is 0 Å². The molecule has 2 aromatic rings. The lowest BCUT2D eigenvalue weighted by atomic mass is 10.2. The number of hydrogen-bond donors (Lipinski definition) is 1. The lowest BCUT2D eigenvalue weighted by Crippen LogP contribution is -2.46. The van der Waals surface area contributed by atoms with Crippen LogP contribution >= 0.6 is 0 Å². The third-order valence-corrected chi connectivity index (χ3v) is 5.96. The van der Waals surface area contributed by atoms with Crippen LogP contribution in [0.5, 0.6) is 0 Å². The van der Waals surface area contributed by atoms with Crippen molar-refractivity contribution in [3.05, 3.63) is 48.4 Å². The summed E-state index contributed by atoms with van der Waals surface area (Å²) in [6, 6.07) is 10.1. The minimum Gasteiger partial charge on any atom is -0.368 e. The zero-order valence-corrected chi connectivity index (χ0v) is 16.3. The second-order valence-corrected chi connectivity index (χ2v) is 8.47. The van der Waals surface area contributed by atoms with Gasteiger partial charge in [-0.3, -0.25) is 4.72 Å². The van der Waals surface area contributed by atoms with Gasteiger partial charge in [-0.1, -0.05) is 13.3 Å². The molecule has 1 saturated heterocycles. The van der Waals surface area contributed by atoms with E-state index in [-0.39, 0.29) is 11.6 Å². The number of unbranched alkanes of at least 4 members (excludes halogenated alkanes) is 1. The van der Waals surface area contributed by atoms with Gasteiger partial charge in [-0.2, -0.15) is 0 Å². The van der Waals surface area contributed by atoms with E-state index in [2.05, 4.69) is 19.5 Å². The molecule has 2 heterocycles. The molecule has 0 radical (unpaired) electrons. The summed E-state index contributed by atoms with van der Waals surface area (Å²) < 4.78 is 39.5. The van der Waals surface area contributed by atoms with Gasteiger partial charge in [0.2, 0.25) is 10.0 Å². The van der Waals surface area contributed by atoms with Gasteiger partial charge in [0.25, 0.3) is 0 Å². The standard InChI is InChI=1S/C19H25FN4O2S/c1-2-3-14-27(25,26)22-17-6-9-19(21-15-17)24-12-10-23(11-13-24)18-7-4-16(20)5-8-18/h4-9,15,22H,2-3,10-14H2,1H3. The van der Waals surface area contributed by atoms with Crippen LogP contribution in [0.1, 0.15) is 19.8 Å². The number of hydrogen-bond acceptors (Lipinski definition) is 5. The molecule has 0 atom stereocenters. The van der Waals surface area contributed by atoms with E-state index < -0.39 is 10.0 Å². The molecule has 0 spiro atoms. The third kappa shape index (κ3) is 5.32. The van der Waals surface area contributed by atoms with Crippen LogP contribution in [0.4, 0.5) is 21.6 Å². The Bertz CT molecular complexity index is 833. The quantitative estimate of drug-likeness (QED) is 0.784. The highest BCUT2D eigenvalue weighted by molar-refractivity contribution is 7.92. The molecule has 27 heavy (non-hydrogen) atoms. The number of aromatic nitrogens is 1. The second kappa shape index (κ2) is 8.56. The maximum atomic E-state index is 13.1. The zero-order valence-electron chi connectivity index (χ0n) is 15.4. The van der Waals surface area contributed by atoms with Crippen LogP contribution in [0.25, 0.3) is 0 Å². The van der Waals surface area contributed by atoms with E-state index in [1.54, 1.807) is 24.4 Å². The predicted octanol–water partition coefficient (Wildman–Crippen LogP) is 3.09. The number of nitrogens with zero attached hydrogens (tertiary/aromatic N) is 3. The van der Waals surface area contributed by atoms with Crippen molar-refractivity contribution >= 4 is 27.2 Å². The van der Waals surface area contributed by atoms with Crippen molar-refractivity contribution in [1.82, 2.24) is 4.98 Å². The van der Waals surface area contributed by atoms with Crippen molar-refractivity contribution in [1.29, 1.82) is 0 Å². The molecule has 6 nitrogen and oxygen atoms in total. The second-order valence-electron chi connectivity index (χ2n) is 6.63. The Hall–Kier alpha value is -2.35. The molecule has 0 unspecified atom stereocenters. The average Bonchev–Trinajstić information content (AvgIpc) is 2.68. The number of nitrogens with one attached hydrogen (secondary N) is 1. The van der Waals surface area contributed by atoms with Gasteiger partial charge in [0.05, 0.1) is 17.6 Å². The van der Waals surface area contributed by atoms with Gasteiger partial charge in [-0.15, -0.1) is 0 Å². The van der Waals surface area contributed by atoms with Crippen LogP contribution in [0.2, 0.25) is 0 Å². The van der Waals surface area contributed by atoms with Crippen LogP contribution in [0.3, 0.4) is 0 Å². The summed E-state index contributed by atoms with van der Waals surface area (Å²) in [6.45, 7) is 5.19. The third-order valence-electron chi connectivity index (χ3n) is 4.58. The summed E-state index contributed by atoms with van der Waals surface area (Å²) in [6.07, 6.45) is 3.03. The first-order chi connectivity index (χ1) is 13.0. The van der Waals surface area contributed by atoms with Crippen molar-refractivity contribution in [2.45, 2.75) is 19.8 Å². The number of halogens is 1. The fraction of sp³-hybridized carbons (Fsp3) is 0.421. The highest BCUT2D eigenvalue weighted by atomic mass is 32.2. The minimum atomic E-state index is -3.31. The number of anilines is 3. The topological polar surface area (TPSA) is 65.5 Å². The van der Waals surface area contributed by atoms with Crippen LogP contribution in [-0.2, 0) is 10.0 Å². The normalized spacial score (nSPS) is 15.0. The Morgan fingerprint density at radius 3 is 2.30 bits per heavy atom. The Labute approximate surface area is 160 Å². The summed E-state index contributed by atoms with van der Waals surface area (Å²) >= 11 is 0. The highest BCUT2D eigenvalue weighted by Gasteiger charge is 2.18. The molecule has 146 valence electrons. The van der Waals surface area contributed by atoms with Crippen LogP contribution in [-0.4, -0.2) is 45.3 Å². The van der Waals surface area contributed by atoms with Crippen LogP contribution < -0.4 is 14.5 Å². The van der Waals surface area contributed by atoms with E-state index in [0.29, 0.717) is 12.1 Å². The van der Waals surface area contributed by atoms with E-state index in [0.717, 1.165) is 44.1 Å². The number of sulfonamides is 1. The molecule has 1 aliphatic heterocycles. The molecule has 8 heteroatoms. The number of benzene rings is 1. The van der Waals surface area contributed by atoms with Gasteiger partial charge in [0.15, 0.2) is 0 Å². The predicted molar refractivity (Wildman–Crippen MR) is 107 cm³/mol. The van der Waals surface area contributed by atoms with Crippen molar-refractivity contribution in [3.63, 3.8) is 0 Å². The van der Waals surface area contributed by atoms with Crippen LogP contribution in [0, 0.1) is 5.82 Å². The van der Waals surface area contributed by atoms with Crippen molar-refractivity contribution in [2.75, 3.05) is 46.5 Å². The Morgan fingerprint density at radius 2 is 1.70 bits per heavy atom. The number of pyridine rings is 1. The monoisotopic (exact) mass is 392 g/mol. The summed E-state index contributed by atoms with van der Waals surface area (Å²) in [5.74, 6) is 0.716. The summed E-state index contributed by atoms with van der Waals surface area (Å²) in [4.78, 5) is 8.78. The SMILES string of the molecule is CCCCS(=O)(=O)Nc1ccc(N2CCN(c3ccc(F)cc3)CC2)nc1. The molecule has 0 amide bonds. The van der Waals surface area contributed by atoms with E-state index in [9.17, 15) is 12.8 Å². The highest BCUT2D eigenvalue weighted by Crippen LogP contribution is 2.21. The Morgan fingerprint density at radius 1 is 1.04 bits per heavy atom. The van der Waals surface area contributed by atoms with E-state index in [4.69, 9.17) is 0 Å². The average molecular weight is 393 g/mol. The van der Waals surface area contributed by atoms with E-state index >= 15 is 0 Å². The molecular weight excluding hydrogens is 367 g/mol. The molecule has 0 aliphatic carbocycles. The molecule has 0 bridgehead atoms. The summed E-state index contributed by atoms with van der Waals surface area (Å²) in [5.41, 5.74) is 1.50. The zero-order chi connectivity index (χ0) is 19.3. The van der Waals surface area contributed by atoms with Gasteiger partial charge < -0.3 is 9.80 Å². The largest absolute Gasteiger partial charge is 0.368 e. The summed E-state index contributed by atoms with van der Waals surface area (Å²) in [5, 5.41) is 0. The van der Waals surface area contributed by atoms with Crippen molar-refractivity contribution < 1.29 is 12.8 Å². The minimum absolute atomic E-state index is 0.122. The Balaban J connectivity index is 1.56. The summed E-state index contributed by atoms with van der Waals surface area (Å²) in [7, 11) is -3.31. The van der Waals surface area contributed by atoms with E-state index in [1.807, 2.05) is 13.0 Å². The lowest BCUT2D eigenvalue weighted by molar-refractivity contribution is 0.598. The van der Waals surface area contributed by atoms with Gasteiger partial charge in [0, 0.05) is 31.9 Å². The number of piperazine rings is 1. The van der Waals surface area contributed by atoms with Gasteiger partial charge in [-0.05, 0) is 42.8 Å². The molecule has 3 rings (SSSR count). The maximum Gasteiger partial charge on any atom is 0.232 e. The van der Waals surface area contributed by atoms with Gasteiger partial charge in [0.1, 0.15) is 11.6 Å². The van der Waals surface area contributed by atoms with Crippen molar-refractivity contribution in [2.24, 2.45) is 0 Å². The lowest BCUT2D eigenvalue weighted by Gasteiger charge is -2.36. The van der Waals surface area contributed by atoms with Gasteiger partial charge in [-0.25, -0.2) is 17.8 Å². The number of rotatable bonds is 7. The molecule has 1 fully saturated rings. The van der Waals surface area contributed by atoms with Gasteiger partial charge >= 0.3 is 0 Å². The molecule has 0 saturated carbocycles. The fourth-order valence-electron chi connectivity index (χ4n) is 3.04. The Kier molecular flexibility index (Phi) is 6.15. The molecular formula is C19H25FN4O2S. The molecule has 1 N–H and O–H groups in total. The fourth-order valence-corrected chi connectivity index (χ4v) is 4.29. The molecule has 1 aromatic carbocycles. The van der Waals surface area contributed by atoms with Crippen LogP contribution in [0.15, 0.2) is 42.6 Å². The first-order valence-corrected chi connectivity index (χ1v) is 10.8. The smallest absolute Gasteiger partial charge is 0.232 e. The first kappa shape index (κ1) is 19.4. The molecule has 1 aliphatic rings. The molecule has 1 aromatic heterocycles.